The second kappa shape index (κ2) is 7.27. The molecule has 136 valence electrons. The average Bonchev–Trinajstić information content (AvgIpc) is 3.32. The number of pyridine rings is 1. The van der Waals surface area contributed by atoms with Crippen molar-refractivity contribution < 1.29 is 0 Å². The number of aryl methyl sites for hydroxylation is 1. The number of anilines is 1. The zero-order valence-corrected chi connectivity index (χ0v) is 15.4. The van der Waals surface area contributed by atoms with Crippen LogP contribution in [-0.2, 0) is 13.1 Å². The molecular weight excluding hydrogens is 326 g/mol. The zero-order chi connectivity index (χ0) is 17.9. The molecule has 1 aliphatic rings. The Kier molecular flexibility index (Phi) is 4.69. The van der Waals surface area contributed by atoms with Gasteiger partial charge in [-0.1, -0.05) is 0 Å². The van der Waals surface area contributed by atoms with E-state index in [1.54, 1.807) is 6.20 Å². The van der Waals surface area contributed by atoms with Gasteiger partial charge in [0.2, 0.25) is 0 Å². The van der Waals surface area contributed by atoms with Crippen LogP contribution in [0.1, 0.15) is 43.0 Å². The second-order valence-electron chi connectivity index (χ2n) is 6.84. The van der Waals surface area contributed by atoms with Crippen molar-refractivity contribution in [3.05, 3.63) is 54.1 Å². The first kappa shape index (κ1) is 16.8. The predicted octanol–water partition coefficient (Wildman–Crippen LogP) is 2.63. The average molecular weight is 351 g/mol. The molecule has 0 atom stereocenters. The number of aromatic nitrogens is 6. The lowest BCUT2D eigenvalue weighted by Crippen LogP contribution is -2.33. The molecule has 7 heteroatoms. The maximum absolute atomic E-state index is 4.55. The van der Waals surface area contributed by atoms with Crippen molar-refractivity contribution in [2.45, 2.75) is 45.7 Å². The molecule has 1 saturated heterocycles. The molecule has 0 amide bonds. The molecule has 0 unspecified atom stereocenters. The summed E-state index contributed by atoms with van der Waals surface area (Å²) in [5.41, 5.74) is 2.34. The Morgan fingerprint density at radius 3 is 2.69 bits per heavy atom. The van der Waals surface area contributed by atoms with Crippen LogP contribution in [0.2, 0.25) is 0 Å². The zero-order valence-electron chi connectivity index (χ0n) is 15.4. The molecule has 0 spiro atoms. The van der Waals surface area contributed by atoms with Crippen LogP contribution < -0.4 is 4.90 Å². The number of rotatable bonds is 5. The first-order chi connectivity index (χ1) is 12.7. The summed E-state index contributed by atoms with van der Waals surface area (Å²) in [4.78, 5) is 6.74. The van der Waals surface area contributed by atoms with Crippen molar-refractivity contribution in [1.29, 1.82) is 0 Å². The van der Waals surface area contributed by atoms with Crippen LogP contribution in [0.25, 0.3) is 0 Å². The molecule has 0 N–H and O–H groups in total. The first-order valence-electron chi connectivity index (χ1n) is 9.31. The van der Waals surface area contributed by atoms with Crippen molar-refractivity contribution >= 4 is 5.69 Å². The summed E-state index contributed by atoms with van der Waals surface area (Å²) in [7, 11) is 0. The van der Waals surface area contributed by atoms with E-state index >= 15 is 0 Å². The van der Waals surface area contributed by atoms with Gasteiger partial charge in [-0.3, -0.25) is 9.67 Å². The number of hydrogen-bond donors (Lipinski definition) is 0. The lowest BCUT2D eigenvalue weighted by Gasteiger charge is -2.33. The summed E-state index contributed by atoms with van der Waals surface area (Å²) in [6.07, 6.45) is 7.85. The Bertz CT molecular complexity index is 845. The Labute approximate surface area is 153 Å². The lowest BCUT2D eigenvalue weighted by atomic mass is 9.95. The topological polar surface area (TPSA) is 64.7 Å². The monoisotopic (exact) mass is 351 g/mol. The number of piperidine rings is 1. The smallest absolute Gasteiger partial charge is 0.154 e. The van der Waals surface area contributed by atoms with Crippen LogP contribution in [0.4, 0.5) is 5.69 Å². The second-order valence-corrected chi connectivity index (χ2v) is 6.84. The van der Waals surface area contributed by atoms with E-state index in [-0.39, 0.29) is 0 Å². The van der Waals surface area contributed by atoms with Crippen molar-refractivity contribution in [3.63, 3.8) is 0 Å². The highest BCUT2D eigenvalue weighted by atomic mass is 15.3. The highest BCUT2D eigenvalue weighted by Crippen LogP contribution is 2.30. The minimum atomic E-state index is 0.466. The highest BCUT2D eigenvalue weighted by Gasteiger charge is 2.26. The van der Waals surface area contributed by atoms with E-state index in [1.807, 2.05) is 30.1 Å². The normalized spacial score (nSPS) is 15.5. The fourth-order valence-corrected chi connectivity index (χ4v) is 3.77. The molecule has 3 aromatic heterocycles. The van der Waals surface area contributed by atoms with E-state index in [2.05, 4.69) is 48.8 Å². The van der Waals surface area contributed by atoms with Gasteiger partial charge in [-0.2, -0.15) is 5.10 Å². The molecule has 26 heavy (non-hydrogen) atoms. The number of nitrogens with zero attached hydrogens (tertiary/aromatic N) is 7. The van der Waals surface area contributed by atoms with Crippen molar-refractivity contribution in [2.24, 2.45) is 0 Å². The van der Waals surface area contributed by atoms with E-state index in [4.69, 9.17) is 0 Å². The predicted molar refractivity (Wildman–Crippen MR) is 100 cm³/mol. The molecule has 3 aromatic rings. The third-order valence-corrected chi connectivity index (χ3v) is 5.14. The molecular formula is C19H25N7. The van der Waals surface area contributed by atoms with Crippen LogP contribution >= 0.6 is 0 Å². The van der Waals surface area contributed by atoms with Gasteiger partial charge >= 0.3 is 0 Å². The molecule has 1 fully saturated rings. The summed E-state index contributed by atoms with van der Waals surface area (Å²) in [6, 6.07) is 6.20. The van der Waals surface area contributed by atoms with E-state index in [0.717, 1.165) is 49.8 Å². The maximum atomic E-state index is 4.55. The molecule has 7 nitrogen and oxygen atoms in total. The lowest BCUT2D eigenvalue weighted by molar-refractivity contribution is 0.463. The minimum Gasteiger partial charge on any atom is -0.371 e. The standard InChI is InChI=1S/C19H25N7/c1-3-26-18(14-25-10-4-8-21-25)22-23-19(26)16-6-11-24(12-7-16)17-5-9-20-15(2)13-17/h4-5,8-10,13,16H,3,6-7,11-12,14H2,1-2H3. The fraction of sp³-hybridized carbons (Fsp3) is 0.474. The van der Waals surface area contributed by atoms with Crippen LogP contribution in [0.5, 0.6) is 0 Å². The van der Waals surface area contributed by atoms with Crippen LogP contribution in [0.15, 0.2) is 36.8 Å². The largest absolute Gasteiger partial charge is 0.371 e. The molecule has 0 aliphatic carbocycles. The van der Waals surface area contributed by atoms with Gasteiger partial charge in [-0.25, -0.2) is 0 Å². The third kappa shape index (κ3) is 3.34. The van der Waals surface area contributed by atoms with Crippen LogP contribution in [0, 0.1) is 6.92 Å². The van der Waals surface area contributed by atoms with Gasteiger partial charge in [0, 0.05) is 55.5 Å². The van der Waals surface area contributed by atoms with E-state index in [0.29, 0.717) is 12.5 Å². The van der Waals surface area contributed by atoms with Crippen molar-refractivity contribution in [3.8, 4) is 0 Å². The first-order valence-corrected chi connectivity index (χ1v) is 9.31. The van der Waals surface area contributed by atoms with E-state index < -0.39 is 0 Å². The van der Waals surface area contributed by atoms with E-state index in [9.17, 15) is 0 Å². The summed E-state index contributed by atoms with van der Waals surface area (Å²) < 4.78 is 4.16. The Balaban J connectivity index is 1.46. The highest BCUT2D eigenvalue weighted by molar-refractivity contribution is 5.46. The van der Waals surface area contributed by atoms with Gasteiger partial charge in [0.1, 0.15) is 12.4 Å². The van der Waals surface area contributed by atoms with Crippen molar-refractivity contribution in [2.75, 3.05) is 18.0 Å². The summed E-state index contributed by atoms with van der Waals surface area (Å²) in [5.74, 6) is 2.58. The molecule has 0 radical (unpaired) electrons. The fourth-order valence-electron chi connectivity index (χ4n) is 3.77. The molecule has 4 rings (SSSR count). The molecule has 0 saturated carbocycles. The van der Waals surface area contributed by atoms with E-state index in [1.165, 1.54) is 5.69 Å². The van der Waals surface area contributed by atoms with Gasteiger partial charge in [0.15, 0.2) is 5.82 Å². The van der Waals surface area contributed by atoms with Gasteiger partial charge in [-0.05, 0) is 44.9 Å². The van der Waals surface area contributed by atoms with Gasteiger partial charge in [0.25, 0.3) is 0 Å². The van der Waals surface area contributed by atoms with Gasteiger partial charge in [0.05, 0.1) is 0 Å². The molecule has 4 heterocycles. The third-order valence-electron chi connectivity index (χ3n) is 5.14. The molecule has 0 bridgehead atoms. The quantitative estimate of drug-likeness (QED) is 0.707. The molecule has 0 aromatic carbocycles. The Morgan fingerprint density at radius 2 is 2.00 bits per heavy atom. The molecule has 1 aliphatic heterocycles. The SMILES string of the molecule is CCn1c(Cn2cccn2)nnc1C1CCN(c2ccnc(C)c2)CC1. The van der Waals surface area contributed by atoms with Crippen LogP contribution in [0.3, 0.4) is 0 Å². The summed E-state index contributed by atoms with van der Waals surface area (Å²) >= 11 is 0. The summed E-state index contributed by atoms with van der Waals surface area (Å²) in [5, 5.41) is 13.3. The Hall–Kier alpha value is -2.70. The van der Waals surface area contributed by atoms with Gasteiger partial charge in [-0.15, -0.1) is 10.2 Å². The Morgan fingerprint density at radius 1 is 1.15 bits per heavy atom. The summed E-state index contributed by atoms with van der Waals surface area (Å²) in [6.45, 7) is 7.85. The minimum absolute atomic E-state index is 0.466. The van der Waals surface area contributed by atoms with Gasteiger partial charge < -0.3 is 9.47 Å². The van der Waals surface area contributed by atoms with Crippen LogP contribution in [-0.4, -0.2) is 42.6 Å². The number of hydrogen-bond acceptors (Lipinski definition) is 5. The van der Waals surface area contributed by atoms with Crippen molar-refractivity contribution in [1.82, 2.24) is 29.5 Å². The maximum Gasteiger partial charge on any atom is 0.154 e.